The quantitative estimate of drug-likeness (QED) is 0.828. The highest BCUT2D eigenvalue weighted by Crippen LogP contribution is 2.26. The molecule has 1 aliphatic carbocycles. The van der Waals surface area contributed by atoms with Gasteiger partial charge in [0.1, 0.15) is 0 Å². The summed E-state index contributed by atoms with van der Waals surface area (Å²) in [6, 6.07) is 7.98. The van der Waals surface area contributed by atoms with Crippen LogP contribution >= 0.6 is 15.9 Å². The van der Waals surface area contributed by atoms with Crippen molar-refractivity contribution in [1.82, 2.24) is 5.32 Å². The molecule has 0 radical (unpaired) electrons. The van der Waals surface area contributed by atoms with Crippen molar-refractivity contribution in [1.29, 1.82) is 0 Å². The van der Waals surface area contributed by atoms with E-state index in [1.54, 1.807) is 0 Å². The number of nitrogens with two attached hydrogens (primary N) is 1. The molecule has 0 bridgehead atoms. The van der Waals surface area contributed by atoms with Gasteiger partial charge in [-0.15, -0.1) is 0 Å². The topological polar surface area (TPSA) is 55.1 Å². The Morgan fingerprint density at radius 2 is 2.00 bits per heavy atom. The van der Waals surface area contributed by atoms with E-state index in [1.165, 1.54) is 6.42 Å². The third-order valence-corrected chi connectivity index (χ3v) is 4.86. The van der Waals surface area contributed by atoms with Gasteiger partial charge in [0.05, 0.1) is 12.0 Å². The first-order valence-corrected chi connectivity index (χ1v) is 8.19. The number of nitrogens with one attached hydrogen (secondary N) is 1. The fraction of sp³-hybridized carbons (Fsp3) is 0.562. The summed E-state index contributed by atoms with van der Waals surface area (Å²) in [6.45, 7) is 2.01. The summed E-state index contributed by atoms with van der Waals surface area (Å²) >= 11 is 3.53. The molecule has 2 rings (SSSR count). The summed E-state index contributed by atoms with van der Waals surface area (Å²) < 4.78 is 1.03. The number of carbonyl (C=O) groups excluding carboxylic acids is 1. The zero-order valence-corrected chi connectivity index (χ0v) is 13.5. The highest BCUT2D eigenvalue weighted by Gasteiger charge is 2.28. The second-order valence-electron chi connectivity index (χ2n) is 5.66. The Morgan fingerprint density at radius 1 is 1.30 bits per heavy atom. The van der Waals surface area contributed by atoms with Crippen LogP contribution in [0.3, 0.4) is 0 Å². The Morgan fingerprint density at radius 3 is 2.75 bits per heavy atom. The van der Waals surface area contributed by atoms with Gasteiger partial charge < -0.3 is 11.1 Å². The minimum absolute atomic E-state index is 0.00362. The molecule has 3 atom stereocenters. The van der Waals surface area contributed by atoms with Crippen LogP contribution in [0.1, 0.15) is 50.6 Å². The Bertz CT molecular complexity index is 464. The lowest BCUT2D eigenvalue weighted by molar-refractivity contribution is -0.126. The molecule has 1 aromatic carbocycles. The standard InChI is InChI=1S/C16H23BrN2O/c1-11(12-7-5-6-9-14(12)17)19-16(20)13-8-3-2-4-10-15(13)18/h5-7,9,11,13,15H,2-4,8,10,18H2,1H3,(H,19,20)/t11-,13?,15?/m1/s1. The van der Waals surface area contributed by atoms with Crippen molar-refractivity contribution in [2.75, 3.05) is 0 Å². The van der Waals surface area contributed by atoms with E-state index < -0.39 is 0 Å². The Hall–Kier alpha value is -0.870. The van der Waals surface area contributed by atoms with Crippen LogP contribution in [0.5, 0.6) is 0 Å². The Labute approximate surface area is 129 Å². The van der Waals surface area contributed by atoms with Crippen molar-refractivity contribution in [3.8, 4) is 0 Å². The zero-order chi connectivity index (χ0) is 14.5. The number of hydrogen-bond acceptors (Lipinski definition) is 2. The molecule has 0 saturated heterocycles. The summed E-state index contributed by atoms with van der Waals surface area (Å²) in [5.74, 6) is 0.0603. The third-order valence-electron chi connectivity index (χ3n) is 4.14. The van der Waals surface area contributed by atoms with Crippen LogP contribution in [-0.4, -0.2) is 11.9 Å². The first kappa shape index (κ1) is 15.5. The molecule has 110 valence electrons. The fourth-order valence-electron chi connectivity index (χ4n) is 2.89. The molecule has 1 fully saturated rings. The Balaban J connectivity index is 2.01. The average Bonchev–Trinajstić information content (AvgIpc) is 2.63. The van der Waals surface area contributed by atoms with Crippen LogP contribution in [0.25, 0.3) is 0 Å². The molecule has 1 aromatic rings. The van der Waals surface area contributed by atoms with E-state index in [0.29, 0.717) is 0 Å². The van der Waals surface area contributed by atoms with Crippen molar-refractivity contribution in [3.05, 3.63) is 34.3 Å². The summed E-state index contributed by atoms with van der Waals surface area (Å²) in [5, 5.41) is 3.12. The van der Waals surface area contributed by atoms with Gasteiger partial charge in [-0.2, -0.15) is 0 Å². The molecule has 0 aromatic heterocycles. The van der Waals surface area contributed by atoms with Gasteiger partial charge in [-0.05, 0) is 31.4 Å². The third kappa shape index (κ3) is 3.83. The van der Waals surface area contributed by atoms with E-state index in [1.807, 2.05) is 31.2 Å². The molecular formula is C16H23BrN2O. The monoisotopic (exact) mass is 338 g/mol. The van der Waals surface area contributed by atoms with Crippen LogP contribution in [0, 0.1) is 5.92 Å². The predicted molar refractivity (Wildman–Crippen MR) is 85.3 cm³/mol. The first-order valence-electron chi connectivity index (χ1n) is 7.40. The fourth-order valence-corrected chi connectivity index (χ4v) is 3.51. The number of benzene rings is 1. The van der Waals surface area contributed by atoms with Crippen molar-refractivity contribution in [2.24, 2.45) is 11.7 Å². The molecule has 0 aliphatic heterocycles. The molecule has 3 N–H and O–H groups in total. The van der Waals surface area contributed by atoms with Gasteiger partial charge in [0, 0.05) is 10.5 Å². The molecule has 1 aliphatic rings. The van der Waals surface area contributed by atoms with E-state index in [9.17, 15) is 4.79 Å². The molecule has 0 spiro atoms. The van der Waals surface area contributed by atoms with E-state index in [4.69, 9.17) is 5.73 Å². The number of amides is 1. The van der Waals surface area contributed by atoms with E-state index in [0.717, 1.165) is 35.7 Å². The summed E-state index contributed by atoms with van der Waals surface area (Å²) in [7, 11) is 0. The lowest BCUT2D eigenvalue weighted by Crippen LogP contribution is -2.42. The SMILES string of the molecule is C[C@@H](NC(=O)C1CCCCCC1N)c1ccccc1Br. The van der Waals surface area contributed by atoms with Crippen LogP contribution in [0.2, 0.25) is 0 Å². The van der Waals surface area contributed by atoms with E-state index >= 15 is 0 Å². The maximum absolute atomic E-state index is 12.4. The van der Waals surface area contributed by atoms with Gasteiger partial charge in [-0.3, -0.25) is 4.79 Å². The number of carbonyl (C=O) groups is 1. The highest BCUT2D eigenvalue weighted by molar-refractivity contribution is 9.10. The maximum Gasteiger partial charge on any atom is 0.225 e. The smallest absolute Gasteiger partial charge is 0.225 e. The number of rotatable bonds is 3. The predicted octanol–water partition coefficient (Wildman–Crippen LogP) is 3.53. The van der Waals surface area contributed by atoms with Gasteiger partial charge in [-0.25, -0.2) is 0 Å². The molecular weight excluding hydrogens is 316 g/mol. The van der Waals surface area contributed by atoms with Crippen molar-refractivity contribution < 1.29 is 4.79 Å². The summed E-state index contributed by atoms with van der Waals surface area (Å²) in [4.78, 5) is 12.4. The van der Waals surface area contributed by atoms with Crippen LogP contribution in [0.4, 0.5) is 0 Å². The van der Waals surface area contributed by atoms with E-state index in [-0.39, 0.29) is 23.9 Å². The highest BCUT2D eigenvalue weighted by atomic mass is 79.9. The van der Waals surface area contributed by atoms with E-state index in [2.05, 4.69) is 21.2 Å². The van der Waals surface area contributed by atoms with Crippen LogP contribution in [0.15, 0.2) is 28.7 Å². The van der Waals surface area contributed by atoms with Crippen LogP contribution < -0.4 is 11.1 Å². The van der Waals surface area contributed by atoms with Gasteiger partial charge in [0.2, 0.25) is 5.91 Å². The van der Waals surface area contributed by atoms with Gasteiger partial charge in [-0.1, -0.05) is 53.4 Å². The largest absolute Gasteiger partial charge is 0.349 e. The van der Waals surface area contributed by atoms with Gasteiger partial charge in [0.25, 0.3) is 0 Å². The average molecular weight is 339 g/mol. The van der Waals surface area contributed by atoms with Crippen molar-refractivity contribution in [2.45, 2.75) is 51.1 Å². The second-order valence-corrected chi connectivity index (χ2v) is 6.51. The Kier molecular flexibility index (Phi) is 5.61. The lowest BCUT2D eigenvalue weighted by atomic mass is 9.94. The van der Waals surface area contributed by atoms with Gasteiger partial charge >= 0.3 is 0 Å². The lowest BCUT2D eigenvalue weighted by Gasteiger charge is -2.23. The minimum Gasteiger partial charge on any atom is -0.349 e. The summed E-state index contributed by atoms with van der Waals surface area (Å²) in [6.07, 6.45) is 5.31. The molecule has 0 heterocycles. The molecule has 1 amide bonds. The molecule has 4 heteroatoms. The van der Waals surface area contributed by atoms with Crippen LogP contribution in [-0.2, 0) is 4.79 Å². The second kappa shape index (κ2) is 7.23. The van der Waals surface area contributed by atoms with Crippen molar-refractivity contribution in [3.63, 3.8) is 0 Å². The number of halogens is 1. The summed E-state index contributed by atoms with van der Waals surface area (Å²) in [5.41, 5.74) is 7.25. The molecule has 1 saturated carbocycles. The molecule has 3 nitrogen and oxygen atoms in total. The number of hydrogen-bond donors (Lipinski definition) is 2. The van der Waals surface area contributed by atoms with Gasteiger partial charge in [0.15, 0.2) is 0 Å². The zero-order valence-electron chi connectivity index (χ0n) is 11.9. The molecule has 20 heavy (non-hydrogen) atoms. The first-order chi connectivity index (χ1) is 9.59. The van der Waals surface area contributed by atoms with Crippen molar-refractivity contribution >= 4 is 21.8 Å². The minimum atomic E-state index is -0.0394. The molecule has 2 unspecified atom stereocenters. The normalized spacial score (nSPS) is 24.8. The maximum atomic E-state index is 12.4.